The number of carbonyl (C=O) groups is 2. The van der Waals surface area contributed by atoms with Gasteiger partial charge in [-0.3, -0.25) is 4.79 Å². The zero-order valence-corrected chi connectivity index (χ0v) is 15.5. The molecule has 1 aromatic rings. The number of amides is 1. The Morgan fingerprint density at radius 1 is 1.16 bits per heavy atom. The molecule has 25 heavy (non-hydrogen) atoms. The molecule has 5 heteroatoms. The molecule has 0 saturated carbocycles. The number of benzene rings is 1. The molecule has 0 radical (unpaired) electrons. The fourth-order valence-corrected chi connectivity index (χ4v) is 4.01. The molecule has 1 amide bonds. The van der Waals surface area contributed by atoms with E-state index in [0.717, 1.165) is 0 Å². The van der Waals surface area contributed by atoms with E-state index in [4.69, 9.17) is 4.74 Å². The highest BCUT2D eigenvalue weighted by Gasteiger charge is 2.53. The van der Waals surface area contributed by atoms with Crippen molar-refractivity contribution in [3.8, 4) is 0 Å². The Bertz CT molecular complexity index is 634. The van der Waals surface area contributed by atoms with E-state index in [1.165, 1.54) is 6.08 Å². The third kappa shape index (κ3) is 4.69. The number of esters is 1. The predicted molar refractivity (Wildman–Crippen MR) is 98.3 cm³/mol. The highest BCUT2D eigenvalue weighted by atomic mass is 16.5. The van der Waals surface area contributed by atoms with Gasteiger partial charge in [-0.15, -0.1) is 0 Å². The average Bonchev–Trinajstić information content (AvgIpc) is 2.50. The first-order valence-corrected chi connectivity index (χ1v) is 8.54. The van der Waals surface area contributed by atoms with Crippen molar-refractivity contribution in [2.24, 2.45) is 0 Å². The monoisotopic (exact) mass is 344 g/mol. The van der Waals surface area contributed by atoms with Gasteiger partial charge in [-0.2, -0.15) is 0 Å². The van der Waals surface area contributed by atoms with Crippen molar-refractivity contribution in [2.75, 3.05) is 6.61 Å². The smallest absolute Gasteiger partial charge is 0.332 e. The van der Waals surface area contributed by atoms with E-state index in [2.05, 4.69) is 17.2 Å². The summed E-state index contributed by atoms with van der Waals surface area (Å²) in [5.41, 5.74) is -1.24. The van der Waals surface area contributed by atoms with E-state index >= 15 is 0 Å². The summed E-state index contributed by atoms with van der Waals surface area (Å²) in [5.74, 6) is -0.691. The lowest BCUT2D eigenvalue weighted by Crippen LogP contribution is -2.71. The van der Waals surface area contributed by atoms with Gasteiger partial charge < -0.3 is 15.4 Å². The minimum atomic E-state index is -1.09. The molecule has 5 nitrogen and oxygen atoms in total. The molecule has 0 bridgehead atoms. The molecule has 2 N–H and O–H groups in total. The van der Waals surface area contributed by atoms with Crippen molar-refractivity contribution >= 4 is 11.9 Å². The summed E-state index contributed by atoms with van der Waals surface area (Å²) >= 11 is 0. The summed E-state index contributed by atoms with van der Waals surface area (Å²) in [5, 5.41) is 6.51. The first-order valence-electron chi connectivity index (χ1n) is 8.54. The molecule has 0 spiro atoms. The second-order valence-electron chi connectivity index (χ2n) is 8.04. The van der Waals surface area contributed by atoms with Gasteiger partial charge in [0.05, 0.1) is 0 Å². The van der Waals surface area contributed by atoms with Crippen LogP contribution in [0.1, 0.15) is 50.9 Å². The topological polar surface area (TPSA) is 67.4 Å². The number of carbonyl (C=O) groups excluding carboxylic acids is 2. The fourth-order valence-electron chi connectivity index (χ4n) is 4.01. The lowest BCUT2D eigenvalue weighted by molar-refractivity contribution is -0.154. The number of rotatable bonds is 5. The number of ether oxygens (including phenoxy) is 1. The maximum absolute atomic E-state index is 12.9. The first kappa shape index (κ1) is 19.2. The Balaban J connectivity index is 2.37. The van der Waals surface area contributed by atoms with Gasteiger partial charge in [0.1, 0.15) is 12.1 Å². The number of piperidine rings is 1. The average molecular weight is 344 g/mol. The number of hydrogen-bond donors (Lipinski definition) is 2. The van der Waals surface area contributed by atoms with E-state index in [1.54, 1.807) is 24.3 Å². The highest BCUT2D eigenvalue weighted by Crippen LogP contribution is 2.37. The Labute approximate surface area is 149 Å². The molecule has 136 valence electrons. The lowest BCUT2D eigenvalue weighted by atomic mass is 9.70. The van der Waals surface area contributed by atoms with E-state index in [-0.39, 0.29) is 23.6 Å². The van der Waals surface area contributed by atoms with Crippen molar-refractivity contribution in [3.05, 3.63) is 48.6 Å². The van der Waals surface area contributed by atoms with Crippen molar-refractivity contribution in [1.82, 2.24) is 10.6 Å². The van der Waals surface area contributed by atoms with Crippen molar-refractivity contribution in [3.63, 3.8) is 0 Å². The molecule has 0 atom stereocenters. The van der Waals surface area contributed by atoms with Crippen LogP contribution in [0.25, 0.3) is 0 Å². The molecule has 2 rings (SSSR count). The second-order valence-corrected chi connectivity index (χ2v) is 8.04. The number of nitrogens with one attached hydrogen (secondary N) is 2. The van der Waals surface area contributed by atoms with E-state index in [1.807, 2.05) is 33.8 Å². The molecule has 1 aromatic carbocycles. The zero-order valence-electron chi connectivity index (χ0n) is 15.5. The maximum Gasteiger partial charge on any atom is 0.332 e. The van der Waals surface area contributed by atoms with Crippen LogP contribution in [0, 0.1) is 0 Å². The minimum Gasteiger partial charge on any atom is -0.460 e. The molecular formula is C20H28N2O3. The Hall–Kier alpha value is -2.14. The molecule has 1 heterocycles. The molecule has 0 aliphatic carbocycles. The molecule has 1 fully saturated rings. The van der Waals surface area contributed by atoms with Crippen LogP contribution in [-0.4, -0.2) is 35.1 Å². The van der Waals surface area contributed by atoms with Crippen molar-refractivity contribution < 1.29 is 14.3 Å². The van der Waals surface area contributed by atoms with Crippen LogP contribution in [0.4, 0.5) is 0 Å². The van der Waals surface area contributed by atoms with Crippen molar-refractivity contribution in [1.29, 1.82) is 0 Å². The van der Waals surface area contributed by atoms with Gasteiger partial charge in [-0.25, -0.2) is 4.79 Å². The van der Waals surface area contributed by atoms with Crippen molar-refractivity contribution in [2.45, 2.75) is 57.2 Å². The quantitative estimate of drug-likeness (QED) is 0.637. The van der Waals surface area contributed by atoms with Gasteiger partial charge in [-0.05, 0) is 52.7 Å². The third-order valence-electron chi connectivity index (χ3n) is 4.28. The van der Waals surface area contributed by atoms with Crippen LogP contribution in [-0.2, 0) is 9.53 Å². The molecular weight excluding hydrogens is 316 g/mol. The maximum atomic E-state index is 12.9. The summed E-state index contributed by atoms with van der Waals surface area (Å²) in [6.45, 7) is 11.8. The molecule has 1 aliphatic heterocycles. The SMILES string of the molecule is C=CCOC(=O)C1(NC(=O)c2ccccc2)CC(C)(C)NC(C)(C)C1. The molecule has 0 aromatic heterocycles. The van der Waals surface area contributed by atoms with Gasteiger partial charge in [0, 0.05) is 16.6 Å². The van der Waals surface area contributed by atoms with E-state index < -0.39 is 11.5 Å². The fraction of sp³-hybridized carbons (Fsp3) is 0.500. The zero-order chi connectivity index (χ0) is 18.7. The number of hydrogen-bond acceptors (Lipinski definition) is 4. The molecule has 0 unspecified atom stereocenters. The summed E-state index contributed by atoms with van der Waals surface area (Å²) < 4.78 is 5.36. The summed E-state index contributed by atoms with van der Waals surface area (Å²) in [6, 6.07) is 8.91. The van der Waals surface area contributed by atoms with Gasteiger partial charge in [-0.1, -0.05) is 30.9 Å². The summed E-state index contributed by atoms with van der Waals surface area (Å²) in [6.07, 6.45) is 2.41. The Morgan fingerprint density at radius 3 is 2.24 bits per heavy atom. The normalized spacial score (nSPS) is 20.3. The van der Waals surface area contributed by atoms with E-state index in [0.29, 0.717) is 18.4 Å². The van der Waals surface area contributed by atoms with Crippen LogP contribution >= 0.6 is 0 Å². The van der Waals surface area contributed by atoms with E-state index in [9.17, 15) is 9.59 Å². The van der Waals surface area contributed by atoms with Gasteiger partial charge >= 0.3 is 5.97 Å². The first-order chi connectivity index (χ1) is 11.6. The van der Waals surface area contributed by atoms with Crippen LogP contribution in [0.3, 0.4) is 0 Å². The van der Waals surface area contributed by atoms with Crippen LogP contribution in [0.5, 0.6) is 0 Å². The Morgan fingerprint density at radius 2 is 1.72 bits per heavy atom. The summed E-state index contributed by atoms with van der Waals surface area (Å²) in [4.78, 5) is 25.7. The van der Waals surface area contributed by atoms with Crippen LogP contribution in [0.15, 0.2) is 43.0 Å². The lowest BCUT2D eigenvalue weighted by Gasteiger charge is -2.51. The van der Waals surface area contributed by atoms with Gasteiger partial charge in [0.15, 0.2) is 0 Å². The third-order valence-corrected chi connectivity index (χ3v) is 4.28. The highest BCUT2D eigenvalue weighted by molar-refractivity contribution is 5.98. The Kier molecular flexibility index (Phi) is 5.37. The summed E-state index contributed by atoms with van der Waals surface area (Å²) in [7, 11) is 0. The van der Waals surface area contributed by atoms with Crippen LogP contribution in [0.2, 0.25) is 0 Å². The van der Waals surface area contributed by atoms with Gasteiger partial charge in [0.25, 0.3) is 5.91 Å². The molecule has 1 saturated heterocycles. The minimum absolute atomic E-state index is 0.121. The standard InChI is InChI=1S/C20H28N2O3/c1-6-12-25-17(24)20(13-18(2,3)22-19(4,5)14-20)21-16(23)15-10-8-7-9-11-15/h6-11,22H,1,12-14H2,2-5H3,(H,21,23). The largest absolute Gasteiger partial charge is 0.460 e. The van der Waals surface area contributed by atoms with Gasteiger partial charge in [0.2, 0.25) is 0 Å². The molecule has 1 aliphatic rings. The predicted octanol–water partition coefficient (Wildman–Crippen LogP) is 2.83. The van der Waals surface area contributed by atoms with Crippen LogP contribution < -0.4 is 10.6 Å². The second kappa shape index (κ2) is 7.00.